The number of β-lactam (4-membered cyclic amide) rings is 1. The number of aliphatic carboxylic acids is 1. The normalized spacial score (nSPS) is 32.6. The van der Waals surface area contributed by atoms with Crippen LogP contribution in [0, 0.1) is 5.41 Å². The topological polar surface area (TPSA) is 138 Å². The number of nitrogens with two attached hydrogens (primary N) is 1. The molecule has 2 saturated heterocycles. The molecule has 2 aliphatic heterocycles. The summed E-state index contributed by atoms with van der Waals surface area (Å²) < 4.78 is 0. The zero-order valence-electron chi connectivity index (χ0n) is 10.2. The number of hydrogen-bond donors (Lipinski definition) is 3. The number of nitrogens with one attached hydrogen (secondary N) is 1. The lowest BCUT2D eigenvalue weighted by atomic mass is 9.89. The first-order chi connectivity index (χ1) is 9.53. The van der Waals surface area contributed by atoms with Crippen molar-refractivity contribution in [2.24, 2.45) is 11.1 Å². The lowest BCUT2D eigenvalue weighted by Gasteiger charge is -2.52. The van der Waals surface area contributed by atoms with Crippen molar-refractivity contribution in [3.05, 3.63) is 0 Å². The fourth-order valence-electron chi connectivity index (χ4n) is 2.23. The molecule has 1 aromatic rings. The van der Waals surface area contributed by atoms with Crippen molar-refractivity contribution < 1.29 is 14.7 Å². The molecule has 2 aliphatic rings. The van der Waals surface area contributed by atoms with Crippen molar-refractivity contribution in [1.82, 2.24) is 25.5 Å². The van der Waals surface area contributed by atoms with E-state index >= 15 is 0 Å². The minimum absolute atomic E-state index is 0.0908. The summed E-state index contributed by atoms with van der Waals surface area (Å²) in [5.74, 6) is -0.396. The summed E-state index contributed by atoms with van der Waals surface area (Å²) in [5, 5.41) is 23.1. The van der Waals surface area contributed by atoms with Crippen LogP contribution < -0.4 is 5.73 Å². The average Bonchev–Trinajstić information content (AvgIpc) is 2.97. The first-order valence-electron chi connectivity index (χ1n) is 5.81. The Labute approximate surface area is 122 Å². The maximum absolute atomic E-state index is 11.7. The molecule has 0 aliphatic carbocycles. The van der Waals surface area contributed by atoms with E-state index in [0.29, 0.717) is 10.9 Å². The lowest BCUT2D eigenvalue weighted by Crippen LogP contribution is -2.72. The number of fused-ring (bicyclic) bond motifs is 1. The number of carboxylic acids is 1. The molecular weight excluding hydrogens is 304 g/mol. The van der Waals surface area contributed by atoms with Crippen LogP contribution in [-0.4, -0.2) is 72.0 Å². The number of H-pyrrole nitrogens is 1. The Morgan fingerprint density at radius 1 is 1.70 bits per heavy atom. The lowest BCUT2D eigenvalue weighted by molar-refractivity contribution is -0.155. The summed E-state index contributed by atoms with van der Waals surface area (Å²) in [7, 11) is 0. The third kappa shape index (κ3) is 2.05. The third-order valence-electron chi connectivity index (χ3n) is 3.45. The summed E-state index contributed by atoms with van der Waals surface area (Å²) in [6.07, 6.45) is 0. The fourth-order valence-corrected chi connectivity index (χ4v) is 4.77. The second-order valence-corrected chi connectivity index (χ2v) is 6.84. The molecule has 0 radical (unpaired) electrons. The van der Waals surface area contributed by atoms with Gasteiger partial charge >= 0.3 is 5.97 Å². The van der Waals surface area contributed by atoms with E-state index in [4.69, 9.17) is 5.73 Å². The van der Waals surface area contributed by atoms with Gasteiger partial charge in [-0.15, -0.1) is 16.9 Å². The minimum atomic E-state index is -1.01. The van der Waals surface area contributed by atoms with E-state index in [1.165, 1.54) is 23.5 Å². The number of rotatable bonds is 4. The number of carbonyl (C=O) groups excluding carboxylic acids is 1. The highest BCUT2D eigenvalue weighted by Crippen LogP contribution is 2.43. The molecule has 4 N–H and O–H groups in total. The Kier molecular flexibility index (Phi) is 3.34. The molecule has 3 rings (SSSR count). The van der Waals surface area contributed by atoms with E-state index in [2.05, 4.69) is 20.6 Å². The van der Waals surface area contributed by atoms with Crippen molar-refractivity contribution in [3.8, 4) is 0 Å². The van der Waals surface area contributed by atoms with Crippen LogP contribution >= 0.6 is 23.5 Å². The second kappa shape index (κ2) is 4.90. The average molecular weight is 316 g/mol. The zero-order valence-corrected chi connectivity index (χ0v) is 11.9. The number of aromatic amines is 1. The van der Waals surface area contributed by atoms with Crippen molar-refractivity contribution >= 4 is 35.4 Å². The Bertz CT molecular complexity index is 540. The van der Waals surface area contributed by atoms with Crippen molar-refractivity contribution in [2.75, 3.05) is 18.1 Å². The summed E-state index contributed by atoms with van der Waals surface area (Å²) in [5.41, 5.74) is 4.69. The van der Waals surface area contributed by atoms with Gasteiger partial charge in [-0.3, -0.25) is 9.59 Å². The quantitative estimate of drug-likeness (QED) is 0.452. The smallest absolute Gasteiger partial charge is 0.313 e. The minimum Gasteiger partial charge on any atom is -0.481 e. The Hall–Kier alpha value is -1.33. The van der Waals surface area contributed by atoms with E-state index in [-0.39, 0.29) is 23.6 Å². The van der Waals surface area contributed by atoms with E-state index in [1.54, 1.807) is 4.90 Å². The first kappa shape index (κ1) is 13.6. The van der Waals surface area contributed by atoms with Crippen LogP contribution in [0.15, 0.2) is 5.16 Å². The predicted molar refractivity (Wildman–Crippen MR) is 70.9 cm³/mol. The van der Waals surface area contributed by atoms with Crippen LogP contribution in [0.1, 0.15) is 0 Å². The molecule has 9 nitrogen and oxygen atoms in total. The molecule has 1 amide bonds. The van der Waals surface area contributed by atoms with Gasteiger partial charge in [0.15, 0.2) is 0 Å². The standard InChI is InChI=1S/C9H12N6O3S2/c10-4-5(16)15-1-9(7(17)18,2-19-6(4)15)3-20-8-11-13-14-12-8/h4,6H,1-3,10H2,(H,17,18)(H,11,12,13,14)/t4?,6-,9?/m1/s1. The number of tetrazole rings is 1. The number of aromatic nitrogens is 4. The largest absolute Gasteiger partial charge is 0.481 e. The summed E-state index contributed by atoms with van der Waals surface area (Å²) in [6, 6.07) is -0.502. The monoisotopic (exact) mass is 316 g/mol. The fraction of sp³-hybridized carbons (Fsp3) is 0.667. The third-order valence-corrected chi connectivity index (χ3v) is 6.20. The van der Waals surface area contributed by atoms with Gasteiger partial charge in [-0.1, -0.05) is 11.8 Å². The highest BCUT2D eigenvalue weighted by atomic mass is 32.2. The number of hydrogen-bond acceptors (Lipinski definition) is 8. The molecule has 3 heterocycles. The molecule has 0 bridgehead atoms. The van der Waals surface area contributed by atoms with Crippen LogP contribution in [0.3, 0.4) is 0 Å². The van der Waals surface area contributed by atoms with E-state index < -0.39 is 17.4 Å². The molecule has 0 spiro atoms. The van der Waals surface area contributed by atoms with Crippen molar-refractivity contribution in [2.45, 2.75) is 16.6 Å². The summed E-state index contributed by atoms with van der Waals surface area (Å²) in [4.78, 5) is 24.9. The number of amides is 1. The molecule has 11 heteroatoms. The molecule has 0 aromatic carbocycles. The molecule has 3 atom stereocenters. The van der Waals surface area contributed by atoms with Gasteiger partial charge in [-0.25, -0.2) is 5.10 Å². The first-order valence-corrected chi connectivity index (χ1v) is 7.84. The zero-order chi connectivity index (χ0) is 14.3. The number of thioether (sulfide) groups is 2. The van der Waals surface area contributed by atoms with Gasteiger partial charge in [-0.05, 0) is 10.4 Å². The van der Waals surface area contributed by atoms with Crippen LogP contribution in [0.5, 0.6) is 0 Å². The van der Waals surface area contributed by atoms with Gasteiger partial charge < -0.3 is 15.7 Å². The summed E-state index contributed by atoms with van der Waals surface area (Å²) in [6.45, 7) is 0.182. The second-order valence-electron chi connectivity index (χ2n) is 4.77. The summed E-state index contributed by atoms with van der Waals surface area (Å²) >= 11 is 2.66. The highest BCUT2D eigenvalue weighted by molar-refractivity contribution is 8.00. The highest BCUT2D eigenvalue weighted by Gasteiger charge is 2.55. The van der Waals surface area contributed by atoms with Gasteiger partial charge in [0.05, 0.1) is 0 Å². The van der Waals surface area contributed by atoms with E-state index in [0.717, 1.165) is 0 Å². The molecule has 1 aromatic heterocycles. The Balaban J connectivity index is 1.72. The Morgan fingerprint density at radius 3 is 3.15 bits per heavy atom. The molecule has 20 heavy (non-hydrogen) atoms. The van der Waals surface area contributed by atoms with Crippen molar-refractivity contribution in [3.63, 3.8) is 0 Å². The number of carboxylic acid groups (broad SMARTS) is 1. The van der Waals surface area contributed by atoms with Crippen LogP contribution in [0.2, 0.25) is 0 Å². The van der Waals surface area contributed by atoms with Gasteiger partial charge in [-0.2, -0.15) is 0 Å². The van der Waals surface area contributed by atoms with E-state index in [9.17, 15) is 14.7 Å². The SMILES string of the molecule is NC1C(=O)N2CC(CSc3nnn[nH]3)(C(=O)O)CS[C@H]12. The van der Waals surface area contributed by atoms with Gasteiger partial charge in [0.1, 0.15) is 16.8 Å². The molecule has 0 saturated carbocycles. The number of carbonyl (C=O) groups is 2. The Morgan fingerprint density at radius 2 is 2.50 bits per heavy atom. The molecule has 2 fully saturated rings. The molecular formula is C9H12N6O3S2. The van der Waals surface area contributed by atoms with Gasteiger partial charge in [0.25, 0.3) is 0 Å². The van der Waals surface area contributed by atoms with Gasteiger partial charge in [0, 0.05) is 18.1 Å². The maximum atomic E-state index is 11.7. The van der Waals surface area contributed by atoms with E-state index in [1.807, 2.05) is 0 Å². The van der Waals surface area contributed by atoms with Crippen molar-refractivity contribution in [1.29, 1.82) is 0 Å². The maximum Gasteiger partial charge on any atom is 0.313 e. The number of nitrogens with zero attached hydrogens (tertiary/aromatic N) is 4. The van der Waals surface area contributed by atoms with Gasteiger partial charge in [0.2, 0.25) is 11.1 Å². The molecule has 2 unspecified atom stereocenters. The van der Waals surface area contributed by atoms with Crippen LogP contribution in [-0.2, 0) is 9.59 Å². The molecule has 108 valence electrons. The van der Waals surface area contributed by atoms with Crippen LogP contribution in [0.25, 0.3) is 0 Å². The van der Waals surface area contributed by atoms with Crippen LogP contribution in [0.4, 0.5) is 0 Å². The predicted octanol–water partition coefficient (Wildman–Crippen LogP) is -1.39.